The largest absolute Gasteiger partial charge is 0.396 e. The van der Waals surface area contributed by atoms with E-state index in [1.165, 1.54) is 6.33 Å². The summed E-state index contributed by atoms with van der Waals surface area (Å²) in [6.45, 7) is 4.01. The van der Waals surface area contributed by atoms with E-state index in [1.54, 1.807) is 13.0 Å². The van der Waals surface area contributed by atoms with Crippen LogP contribution in [0.5, 0.6) is 0 Å². The minimum atomic E-state index is -0.521. The first-order valence-corrected chi connectivity index (χ1v) is 12.0. The number of halogens is 1. The first-order valence-electron chi connectivity index (χ1n) is 11.6. The molecule has 4 heterocycles. The number of rotatable bonds is 7. The Morgan fingerprint density at radius 3 is 2.94 bits per heavy atom. The topological polar surface area (TPSA) is 143 Å². The molecule has 0 bridgehead atoms. The van der Waals surface area contributed by atoms with E-state index < -0.39 is 11.9 Å². The molecule has 0 aromatic carbocycles. The molecule has 4 aromatic heterocycles. The van der Waals surface area contributed by atoms with Crippen LogP contribution in [0.4, 0.5) is 0 Å². The number of aromatic nitrogens is 6. The smallest absolute Gasteiger partial charge is 0.272 e. The summed E-state index contributed by atoms with van der Waals surface area (Å²) in [7, 11) is 0. The summed E-state index contributed by atoms with van der Waals surface area (Å²) in [5.74, 6) is 6.14. The molecular formula is C25H24ClN7O3. The summed E-state index contributed by atoms with van der Waals surface area (Å²) >= 11 is 6.32. The first-order chi connectivity index (χ1) is 17.4. The first kappa shape index (κ1) is 23.9. The number of unbranched alkanes of at least 4 members (excludes halogenated alkanes) is 1. The summed E-state index contributed by atoms with van der Waals surface area (Å²) in [5, 5.41) is 15.8. The summed E-state index contributed by atoms with van der Waals surface area (Å²) in [6.07, 6.45) is 4.55. The number of H-pyrrole nitrogens is 1. The molecule has 184 valence electrons. The zero-order valence-electron chi connectivity index (χ0n) is 19.8. The number of amides is 1. The number of nitrogens with zero attached hydrogens (tertiary/aromatic N) is 5. The molecule has 10 nitrogen and oxygen atoms in total. The number of aromatic amines is 1. The summed E-state index contributed by atoms with van der Waals surface area (Å²) in [6, 6.07) is 5.21. The molecule has 1 fully saturated rings. The van der Waals surface area contributed by atoms with Crippen molar-refractivity contribution in [3.63, 3.8) is 0 Å². The van der Waals surface area contributed by atoms with Gasteiger partial charge in [-0.05, 0) is 44.2 Å². The fourth-order valence-corrected chi connectivity index (χ4v) is 3.89. The molecular weight excluding hydrogens is 482 g/mol. The van der Waals surface area contributed by atoms with Gasteiger partial charge in [0.25, 0.3) is 5.91 Å². The normalized spacial score (nSPS) is 14.8. The fourth-order valence-electron chi connectivity index (χ4n) is 3.66. The molecule has 0 spiro atoms. The van der Waals surface area contributed by atoms with Gasteiger partial charge >= 0.3 is 0 Å². The van der Waals surface area contributed by atoms with Gasteiger partial charge in [-0.25, -0.2) is 19.9 Å². The van der Waals surface area contributed by atoms with E-state index in [-0.39, 0.29) is 28.4 Å². The van der Waals surface area contributed by atoms with Crippen LogP contribution in [0, 0.1) is 11.8 Å². The van der Waals surface area contributed by atoms with Gasteiger partial charge in [-0.1, -0.05) is 29.6 Å². The molecule has 1 amide bonds. The maximum absolute atomic E-state index is 12.8. The highest BCUT2D eigenvalue weighted by molar-refractivity contribution is 6.34. The van der Waals surface area contributed by atoms with Crippen molar-refractivity contribution in [3.8, 4) is 23.4 Å². The van der Waals surface area contributed by atoms with E-state index >= 15 is 0 Å². The lowest BCUT2D eigenvalue weighted by Gasteiger charge is -2.11. The lowest BCUT2D eigenvalue weighted by atomic mass is 10.1. The highest BCUT2D eigenvalue weighted by Gasteiger charge is 2.40. The second kappa shape index (κ2) is 9.68. The average Bonchev–Trinajstić information content (AvgIpc) is 3.27. The molecule has 1 atom stereocenters. The van der Waals surface area contributed by atoms with Gasteiger partial charge < -0.3 is 19.9 Å². The maximum Gasteiger partial charge on any atom is 0.272 e. The number of pyridine rings is 1. The van der Waals surface area contributed by atoms with Gasteiger partial charge in [0.15, 0.2) is 22.9 Å². The minimum absolute atomic E-state index is 0.00762. The molecule has 11 heteroatoms. The average molecular weight is 506 g/mol. The van der Waals surface area contributed by atoms with Gasteiger partial charge in [0.2, 0.25) is 0 Å². The lowest BCUT2D eigenvalue weighted by molar-refractivity contribution is 0.0928. The van der Waals surface area contributed by atoms with E-state index in [0.717, 1.165) is 24.1 Å². The van der Waals surface area contributed by atoms with Crippen molar-refractivity contribution in [2.45, 2.75) is 51.0 Å². The Balaban J connectivity index is 1.30. The predicted octanol–water partition coefficient (Wildman–Crippen LogP) is 3.72. The third-order valence-corrected chi connectivity index (χ3v) is 6.54. The number of imidazole rings is 1. The molecule has 5 rings (SSSR count). The molecule has 1 saturated carbocycles. The number of aliphatic hydroxyl groups is 1. The van der Waals surface area contributed by atoms with Gasteiger partial charge in [-0.3, -0.25) is 4.79 Å². The molecule has 1 unspecified atom stereocenters. The molecule has 0 saturated heterocycles. The van der Waals surface area contributed by atoms with E-state index in [1.807, 2.05) is 12.1 Å². The standard InChI is InChI=1S/C25H24ClN7O3/c1-14(29-24(35)21-20(26)15(27-13-28-21)6-4-3-5-11-34)18-12-17(33-36-18)23-30-16-7-8-19(25(2)9-10-25)31-22(16)32-23/h7-8,12-14,34H,3,5,9-11H2,1-2H3,(H,29,35)(H,30,31,32). The molecule has 0 radical (unpaired) electrons. The van der Waals surface area contributed by atoms with E-state index in [9.17, 15) is 4.79 Å². The summed E-state index contributed by atoms with van der Waals surface area (Å²) in [5.41, 5.74) is 3.42. The zero-order chi connectivity index (χ0) is 25.3. The Labute approximate surface area is 211 Å². The van der Waals surface area contributed by atoms with Crippen molar-refractivity contribution in [3.05, 3.63) is 52.4 Å². The molecule has 0 aliphatic heterocycles. The molecule has 1 aliphatic carbocycles. The SMILES string of the molecule is CC(NC(=O)c1ncnc(C#CCCCO)c1Cl)c1cc(-c2nc3nc(C4(C)CC4)ccc3[nH]2)no1. The van der Waals surface area contributed by atoms with Gasteiger partial charge in [0.1, 0.15) is 22.7 Å². The van der Waals surface area contributed by atoms with Crippen molar-refractivity contribution in [2.24, 2.45) is 0 Å². The van der Waals surface area contributed by atoms with E-state index in [2.05, 4.69) is 49.2 Å². The number of hydrogen-bond acceptors (Lipinski definition) is 8. The number of aliphatic hydroxyl groups excluding tert-OH is 1. The van der Waals surface area contributed by atoms with Crippen molar-refractivity contribution >= 4 is 28.7 Å². The van der Waals surface area contributed by atoms with Crippen LogP contribution in [-0.2, 0) is 5.41 Å². The van der Waals surface area contributed by atoms with Crippen LogP contribution in [0.15, 0.2) is 29.0 Å². The lowest BCUT2D eigenvalue weighted by Crippen LogP contribution is -2.27. The molecule has 36 heavy (non-hydrogen) atoms. The molecule has 1 aliphatic rings. The second-order valence-corrected chi connectivity index (χ2v) is 9.42. The van der Waals surface area contributed by atoms with E-state index in [0.29, 0.717) is 35.8 Å². The van der Waals surface area contributed by atoms with Crippen molar-refractivity contribution in [1.29, 1.82) is 0 Å². The highest BCUT2D eigenvalue weighted by atomic mass is 35.5. The van der Waals surface area contributed by atoms with Crippen molar-refractivity contribution in [2.75, 3.05) is 6.61 Å². The molecule has 3 N–H and O–H groups in total. The van der Waals surface area contributed by atoms with Crippen LogP contribution in [0.3, 0.4) is 0 Å². The Hall–Kier alpha value is -3.81. The Bertz CT molecular complexity index is 1500. The van der Waals surface area contributed by atoms with Crippen molar-refractivity contribution in [1.82, 2.24) is 35.4 Å². The summed E-state index contributed by atoms with van der Waals surface area (Å²) < 4.78 is 5.48. The van der Waals surface area contributed by atoms with Crippen LogP contribution in [0.1, 0.15) is 73.2 Å². The highest BCUT2D eigenvalue weighted by Crippen LogP contribution is 2.46. The van der Waals surface area contributed by atoms with Crippen LogP contribution in [0.2, 0.25) is 5.02 Å². The van der Waals surface area contributed by atoms with Gasteiger partial charge in [0.05, 0.1) is 11.6 Å². The Kier molecular flexibility index (Phi) is 6.43. The third-order valence-electron chi connectivity index (χ3n) is 6.18. The fraction of sp³-hybridized carbons (Fsp3) is 0.360. The number of carbonyl (C=O) groups is 1. The Morgan fingerprint density at radius 2 is 2.17 bits per heavy atom. The quantitative estimate of drug-likeness (QED) is 0.255. The summed E-state index contributed by atoms with van der Waals surface area (Å²) in [4.78, 5) is 33.4. The van der Waals surface area contributed by atoms with Gasteiger partial charge in [-0.15, -0.1) is 0 Å². The molecule has 4 aromatic rings. The van der Waals surface area contributed by atoms with Gasteiger partial charge in [-0.2, -0.15) is 0 Å². The van der Waals surface area contributed by atoms with Crippen LogP contribution >= 0.6 is 11.6 Å². The zero-order valence-corrected chi connectivity index (χ0v) is 20.6. The third kappa shape index (κ3) is 4.80. The number of fused-ring (bicyclic) bond motifs is 1. The van der Waals surface area contributed by atoms with Crippen LogP contribution in [-0.4, -0.2) is 47.7 Å². The van der Waals surface area contributed by atoms with Crippen LogP contribution < -0.4 is 5.32 Å². The minimum Gasteiger partial charge on any atom is -0.396 e. The van der Waals surface area contributed by atoms with Gasteiger partial charge in [0, 0.05) is 30.2 Å². The number of nitrogens with one attached hydrogen (secondary N) is 2. The van der Waals surface area contributed by atoms with Crippen molar-refractivity contribution < 1.29 is 14.4 Å². The van der Waals surface area contributed by atoms with E-state index in [4.69, 9.17) is 26.2 Å². The van der Waals surface area contributed by atoms with Crippen LogP contribution in [0.25, 0.3) is 22.7 Å². The maximum atomic E-state index is 12.8. The predicted molar refractivity (Wildman–Crippen MR) is 132 cm³/mol. The number of carbonyl (C=O) groups excluding carboxylic acids is 1. The monoisotopic (exact) mass is 505 g/mol. The Morgan fingerprint density at radius 1 is 1.33 bits per heavy atom. The second-order valence-electron chi connectivity index (χ2n) is 9.04. The number of hydrogen-bond donors (Lipinski definition) is 3.